The highest BCUT2D eigenvalue weighted by Crippen LogP contribution is 2.51. The Labute approximate surface area is 100 Å². The molecular formula is C14H17F2N. The molecule has 2 saturated carbocycles. The van der Waals surface area contributed by atoms with Crippen LogP contribution in [0.15, 0.2) is 18.2 Å². The Morgan fingerprint density at radius 2 is 1.94 bits per heavy atom. The quantitative estimate of drug-likeness (QED) is 0.838. The van der Waals surface area contributed by atoms with E-state index in [4.69, 9.17) is 5.73 Å². The van der Waals surface area contributed by atoms with Gasteiger partial charge in [-0.15, -0.1) is 0 Å². The van der Waals surface area contributed by atoms with Gasteiger partial charge in [0.1, 0.15) is 0 Å². The number of rotatable bonds is 2. The summed E-state index contributed by atoms with van der Waals surface area (Å²) in [4.78, 5) is 0. The van der Waals surface area contributed by atoms with Crippen molar-refractivity contribution in [1.82, 2.24) is 0 Å². The molecule has 3 heteroatoms. The lowest BCUT2D eigenvalue weighted by Gasteiger charge is -2.28. The van der Waals surface area contributed by atoms with Gasteiger partial charge in [-0.05, 0) is 54.7 Å². The summed E-state index contributed by atoms with van der Waals surface area (Å²) in [5.41, 5.74) is 6.95. The van der Waals surface area contributed by atoms with E-state index in [1.165, 1.54) is 31.4 Å². The SMILES string of the molecule is NC(c1ccc(F)c(F)c1)C1CC2CCC1C2. The molecule has 0 radical (unpaired) electrons. The number of fused-ring (bicyclic) bond motifs is 2. The maximum atomic E-state index is 13.2. The topological polar surface area (TPSA) is 26.0 Å². The summed E-state index contributed by atoms with van der Waals surface area (Å²) in [7, 11) is 0. The molecule has 2 N–H and O–H groups in total. The van der Waals surface area contributed by atoms with Gasteiger partial charge in [0.25, 0.3) is 0 Å². The van der Waals surface area contributed by atoms with Crippen molar-refractivity contribution < 1.29 is 8.78 Å². The van der Waals surface area contributed by atoms with Gasteiger partial charge >= 0.3 is 0 Å². The number of hydrogen-bond donors (Lipinski definition) is 1. The van der Waals surface area contributed by atoms with Crippen molar-refractivity contribution in [2.75, 3.05) is 0 Å². The molecule has 3 rings (SSSR count). The van der Waals surface area contributed by atoms with Crippen LogP contribution in [0.3, 0.4) is 0 Å². The van der Waals surface area contributed by atoms with E-state index in [2.05, 4.69) is 0 Å². The lowest BCUT2D eigenvalue weighted by molar-refractivity contribution is 0.284. The Bertz CT molecular complexity index is 432. The second-order valence-electron chi connectivity index (χ2n) is 5.54. The van der Waals surface area contributed by atoms with Crippen LogP contribution >= 0.6 is 0 Å². The summed E-state index contributed by atoms with van der Waals surface area (Å²) in [5, 5.41) is 0. The van der Waals surface area contributed by atoms with Crippen molar-refractivity contribution in [3.8, 4) is 0 Å². The maximum Gasteiger partial charge on any atom is 0.159 e. The van der Waals surface area contributed by atoms with E-state index in [1.54, 1.807) is 6.07 Å². The molecule has 1 aromatic rings. The van der Waals surface area contributed by atoms with E-state index < -0.39 is 11.6 Å². The molecule has 2 aliphatic carbocycles. The fraction of sp³-hybridized carbons (Fsp3) is 0.571. The third-order valence-corrected chi connectivity index (χ3v) is 4.58. The van der Waals surface area contributed by atoms with Crippen molar-refractivity contribution in [3.05, 3.63) is 35.4 Å². The van der Waals surface area contributed by atoms with Gasteiger partial charge in [-0.3, -0.25) is 0 Å². The lowest BCUT2D eigenvalue weighted by Crippen LogP contribution is -2.26. The minimum Gasteiger partial charge on any atom is -0.324 e. The number of halogens is 2. The first kappa shape index (κ1) is 11.1. The van der Waals surface area contributed by atoms with Crippen molar-refractivity contribution in [2.24, 2.45) is 23.5 Å². The van der Waals surface area contributed by atoms with Crippen LogP contribution in [0.25, 0.3) is 0 Å². The van der Waals surface area contributed by atoms with Gasteiger partial charge in [-0.25, -0.2) is 8.78 Å². The molecular weight excluding hydrogens is 220 g/mol. The van der Waals surface area contributed by atoms with E-state index in [9.17, 15) is 8.78 Å². The second-order valence-corrected chi connectivity index (χ2v) is 5.54. The van der Waals surface area contributed by atoms with Crippen LogP contribution in [0.1, 0.15) is 37.3 Å². The molecule has 2 aliphatic rings. The third kappa shape index (κ3) is 1.86. The van der Waals surface area contributed by atoms with Crippen LogP contribution in [0, 0.1) is 29.4 Å². The van der Waals surface area contributed by atoms with Crippen LogP contribution in [-0.4, -0.2) is 0 Å². The van der Waals surface area contributed by atoms with E-state index >= 15 is 0 Å². The first-order valence-electron chi connectivity index (χ1n) is 6.35. The molecule has 0 heterocycles. The average Bonchev–Trinajstić information content (AvgIpc) is 2.93. The minimum absolute atomic E-state index is 0.139. The molecule has 17 heavy (non-hydrogen) atoms. The highest BCUT2D eigenvalue weighted by atomic mass is 19.2. The Morgan fingerprint density at radius 3 is 2.53 bits per heavy atom. The fourth-order valence-corrected chi connectivity index (χ4v) is 3.70. The predicted molar refractivity (Wildman–Crippen MR) is 62.2 cm³/mol. The summed E-state index contributed by atoms with van der Waals surface area (Å²) in [6.07, 6.45) is 5.02. The Morgan fingerprint density at radius 1 is 1.12 bits per heavy atom. The molecule has 0 aromatic heterocycles. The molecule has 2 bridgehead atoms. The van der Waals surface area contributed by atoms with E-state index in [0.717, 1.165) is 17.9 Å². The molecule has 0 saturated heterocycles. The largest absolute Gasteiger partial charge is 0.324 e. The monoisotopic (exact) mass is 237 g/mol. The van der Waals surface area contributed by atoms with Crippen molar-refractivity contribution in [3.63, 3.8) is 0 Å². The third-order valence-electron chi connectivity index (χ3n) is 4.58. The van der Waals surface area contributed by atoms with Gasteiger partial charge in [-0.1, -0.05) is 12.5 Å². The summed E-state index contributed by atoms with van der Waals surface area (Å²) >= 11 is 0. The zero-order valence-electron chi connectivity index (χ0n) is 9.70. The number of hydrogen-bond acceptors (Lipinski definition) is 1. The normalized spacial score (nSPS) is 33.0. The number of nitrogens with two attached hydrogens (primary N) is 1. The minimum atomic E-state index is -0.797. The van der Waals surface area contributed by atoms with Crippen molar-refractivity contribution in [2.45, 2.75) is 31.7 Å². The van der Waals surface area contributed by atoms with Crippen LogP contribution < -0.4 is 5.73 Å². The lowest BCUT2D eigenvalue weighted by atomic mass is 9.81. The predicted octanol–water partition coefficient (Wildman–Crippen LogP) is 3.40. The molecule has 4 unspecified atom stereocenters. The highest BCUT2D eigenvalue weighted by Gasteiger charge is 2.42. The zero-order chi connectivity index (χ0) is 12.0. The van der Waals surface area contributed by atoms with Crippen molar-refractivity contribution in [1.29, 1.82) is 0 Å². The van der Waals surface area contributed by atoms with Gasteiger partial charge in [-0.2, -0.15) is 0 Å². The fourth-order valence-electron chi connectivity index (χ4n) is 3.70. The first-order valence-corrected chi connectivity index (χ1v) is 6.35. The van der Waals surface area contributed by atoms with Crippen molar-refractivity contribution >= 4 is 0 Å². The summed E-state index contributed by atoms with van der Waals surface area (Å²) in [5.74, 6) is 0.387. The van der Waals surface area contributed by atoms with Crippen LogP contribution in [0.5, 0.6) is 0 Å². The highest BCUT2D eigenvalue weighted by molar-refractivity contribution is 5.22. The molecule has 2 fully saturated rings. The number of benzene rings is 1. The summed E-state index contributed by atoms with van der Waals surface area (Å²) in [6, 6.07) is 3.92. The smallest absolute Gasteiger partial charge is 0.159 e. The molecule has 0 amide bonds. The molecule has 92 valence electrons. The van der Waals surface area contributed by atoms with Gasteiger partial charge in [0, 0.05) is 6.04 Å². The van der Waals surface area contributed by atoms with E-state index in [-0.39, 0.29) is 6.04 Å². The summed E-state index contributed by atoms with van der Waals surface area (Å²) in [6.45, 7) is 0. The molecule has 0 aliphatic heterocycles. The average molecular weight is 237 g/mol. The standard InChI is InChI=1S/C14H17F2N/c15-12-4-3-10(7-13(12)16)14(17)11-6-8-1-2-9(11)5-8/h3-4,7-9,11,14H,1-2,5-6,17H2. The molecule has 4 atom stereocenters. The first-order chi connectivity index (χ1) is 8.15. The van der Waals surface area contributed by atoms with Crippen LogP contribution in [-0.2, 0) is 0 Å². The van der Waals surface area contributed by atoms with Gasteiger partial charge in [0.15, 0.2) is 11.6 Å². The van der Waals surface area contributed by atoms with E-state index in [1.807, 2.05) is 0 Å². The zero-order valence-corrected chi connectivity index (χ0v) is 9.70. The second kappa shape index (κ2) is 4.05. The Balaban J connectivity index is 1.81. The Hall–Kier alpha value is -0.960. The van der Waals surface area contributed by atoms with Gasteiger partial charge in [0.05, 0.1) is 0 Å². The molecule has 0 spiro atoms. The summed E-state index contributed by atoms with van der Waals surface area (Å²) < 4.78 is 26.1. The molecule has 1 nitrogen and oxygen atoms in total. The van der Waals surface area contributed by atoms with Gasteiger partial charge in [0.2, 0.25) is 0 Å². The van der Waals surface area contributed by atoms with Crippen LogP contribution in [0.2, 0.25) is 0 Å². The molecule has 1 aromatic carbocycles. The van der Waals surface area contributed by atoms with E-state index in [0.29, 0.717) is 11.8 Å². The van der Waals surface area contributed by atoms with Gasteiger partial charge < -0.3 is 5.73 Å². The van der Waals surface area contributed by atoms with Crippen LogP contribution in [0.4, 0.5) is 8.78 Å². The Kier molecular flexibility index (Phi) is 2.66. The maximum absolute atomic E-state index is 13.2.